The smallest absolute Gasteiger partial charge is 0.261 e. The number of aryl methyl sites for hydroxylation is 1. The van der Waals surface area contributed by atoms with Gasteiger partial charge >= 0.3 is 0 Å². The highest BCUT2D eigenvalue weighted by atomic mass is 79.9. The minimum absolute atomic E-state index is 0.120. The van der Waals surface area contributed by atoms with Gasteiger partial charge in [-0.15, -0.1) is 0 Å². The molecule has 0 aliphatic carbocycles. The van der Waals surface area contributed by atoms with E-state index in [1.165, 1.54) is 0 Å². The highest BCUT2D eigenvalue weighted by Gasteiger charge is 2.00. The summed E-state index contributed by atoms with van der Waals surface area (Å²) >= 11 is 2.87. The molecule has 0 heterocycles. The van der Waals surface area contributed by atoms with Gasteiger partial charge in [-0.3, -0.25) is 9.14 Å². The zero-order chi connectivity index (χ0) is 8.27. The van der Waals surface area contributed by atoms with Gasteiger partial charge in [0.1, 0.15) is 0 Å². The van der Waals surface area contributed by atoms with E-state index in [9.17, 15) is 4.79 Å². The molecule has 1 aromatic rings. The lowest BCUT2D eigenvalue weighted by Crippen LogP contribution is -2.11. The summed E-state index contributed by atoms with van der Waals surface area (Å²) in [6.07, 6.45) is 0. The third-order valence-electron chi connectivity index (χ3n) is 1.40. The Balaban J connectivity index is 2.90. The normalized spacial score (nSPS) is 9.27. The third kappa shape index (κ3) is 2.05. The van der Waals surface area contributed by atoms with Crippen molar-refractivity contribution in [3.05, 3.63) is 35.4 Å². The van der Waals surface area contributed by atoms with Crippen LogP contribution >= 0.6 is 16.1 Å². The Labute approximate surface area is 74.0 Å². The Morgan fingerprint density at radius 2 is 1.91 bits per heavy atom. The molecule has 0 radical (unpaired) electrons. The molecule has 0 fully saturated rings. The summed E-state index contributed by atoms with van der Waals surface area (Å²) in [6, 6.07) is 7.37. The zero-order valence-electron chi connectivity index (χ0n) is 6.10. The molecule has 3 heteroatoms. The second-order valence-electron chi connectivity index (χ2n) is 2.29. The average Bonchev–Trinajstić information content (AvgIpc) is 2.05. The van der Waals surface area contributed by atoms with Crippen LogP contribution in [0.4, 0.5) is 0 Å². The first-order valence-corrected chi connectivity index (χ1v) is 4.01. The van der Waals surface area contributed by atoms with Crippen LogP contribution in [0.15, 0.2) is 24.3 Å². The predicted molar refractivity (Wildman–Crippen MR) is 47.6 cm³/mol. The van der Waals surface area contributed by atoms with E-state index < -0.39 is 0 Å². The topological polar surface area (TPSA) is 29.1 Å². The molecule has 0 aliphatic heterocycles. The standard InChI is InChI=1S/C8H8BrNO/c1-6-2-4-7(5-3-6)8(11)10-9/h2-5H,1H3,(H,10,11). The van der Waals surface area contributed by atoms with Crippen molar-refractivity contribution in [3.63, 3.8) is 0 Å². The van der Waals surface area contributed by atoms with Gasteiger partial charge in [0.05, 0.1) is 0 Å². The van der Waals surface area contributed by atoms with Crippen LogP contribution in [0.5, 0.6) is 0 Å². The lowest BCUT2D eigenvalue weighted by molar-refractivity contribution is 0.0986. The number of benzene rings is 1. The van der Waals surface area contributed by atoms with E-state index in [-0.39, 0.29) is 5.91 Å². The largest absolute Gasteiger partial charge is 0.289 e. The second kappa shape index (κ2) is 3.53. The fourth-order valence-corrected chi connectivity index (χ4v) is 0.988. The van der Waals surface area contributed by atoms with Crippen LogP contribution in [-0.4, -0.2) is 5.91 Å². The first-order valence-electron chi connectivity index (χ1n) is 3.21. The first kappa shape index (κ1) is 8.27. The summed E-state index contributed by atoms with van der Waals surface area (Å²) in [6.45, 7) is 1.98. The van der Waals surface area contributed by atoms with Gasteiger partial charge in [-0.2, -0.15) is 0 Å². The van der Waals surface area contributed by atoms with E-state index in [0.717, 1.165) is 5.56 Å². The maximum Gasteiger partial charge on any atom is 0.261 e. The molecular weight excluding hydrogens is 206 g/mol. The predicted octanol–water partition coefficient (Wildman–Crippen LogP) is 2.03. The van der Waals surface area contributed by atoms with Crippen molar-refractivity contribution in [2.75, 3.05) is 0 Å². The summed E-state index contributed by atoms with van der Waals surface area (Å²) in [5, 5.41) is 0. The number of nitrogens with one attached hydrogen (secondary N) is 1. The van der Waals surface area contributed by atoms with Crippen molar-refractivity contribution < 1.29 is 4.79 Å². The van der Waals surface area contributed by atoms with Crippen molar-refractivity contribution in [2.45, 2.75) is 6.92 Å². The van der Waals surface area contributed by atoms with Gasteiger partial charge in [0, 0.05) is 21.7 Å². The highest BCUT2D eigenvalue weighted by molar-refractivity contribution is 9.08. The third-order valence-corrected chi connectivity index (χ3v) is 1.76. The van der Waals surface area contributed by atoms with E-state index in [1.807, 2.05) is 19.1 Å². The van der Waals surface area contributed by atoms with E-state index in [4.69, 9.17) is 0 Å². The number of rotatable bonds is 1. The Morgan fingerprint density at radius 1 is 1.36 bits per heavy atom. The summed E-state index contributed by atoms with van der Waals surface area (Å²) in [5.41, 5.74) is 1.81. The van der Waals surface area contributed by atoms with Gasteiger partial charge in [0.15, 0.2) is 0 Å². The summed E-state index contributed by atoms with van der Waals surface area (Å²) in [4.78, 5) is 11.0. The molecule has 58 valence electrons. The van der Waals surface area contributed by atoms with E-state index in [2.05, 4.69) is 20.5 Å². The SMILES string of the molecule is Cc1ccc(C(=O)NBr)cc1. The zero-order valence-corrected chi connectivity index (χ0v) is 7.68. The Bertz CT molecular complexity index is 255. The first-order chi connectivity index (χ1) is 5.24. The molecule has 0 aliphatic rings. The van der Waals surface area contributed by atoms with Crippen molar-refractivity contribution in [1.82, 2.24) is 4.34 Å². The number of halogens is 1. The maximum absolute atomic E-state index is 11.0. The molecule has 1 amide bonds. The lowest BCUT2D eigenvalue weighted by atomic mass is 10.1. The lowest BCUT2D eigenvalue weighted by Gasteiger charge is -1.97. The molecule has 0 saturated carbocycles. The van der Waals surface area contributed by atoms with Crippen molar-refractivity contribution >= 4 is 22.1 Å². The molecule has 0 spiro atoms. The highest BCUT2D eigenvalue weighted by Crippen LogP contribution is 2.02. The molecule has 0 bridgehead atoms. The van der Waals surface area contributed by atoms with Gasteiger partial charge in [0.2, 0.25) is 0 Å². The molecule has 0 aromatic heterocycles. The van der Waals surface area contributed by atoms with Crippen LogP contribution in [0.25, 0.3) is 0 Å². The minimum atomic E-state index is -0.120. The quantitative estimate of drug-likeness (QED) is 0.712. The van der Waals surface area contributed by atoms with Gasteiger partial charge < -0.3 is 0 Å². The van der Waals surface area contributed by atoms with Crippen molar-refractivity contribution in [3.8, 4) is 0 Å². The number of carbonyl (C=O) groups excluding carboxylic acids is 1. The summed E-state index contributed by atoms with van der Waals surface area (Å²) in [5.74, 6) is -0.120. The molecule has 1 N–H and O–H groups in total. The van der Waals surface area contributed by atoms with Crippen LogP contribution in [0.1, 0.15) is 15.9 Å². The van der Waals surface area contributed by atoms with Gasteiger partial charge in [-0.1, -0.05) is 17.7 Å². The molecule has 1 rings (SSSR count). The molecular formula is C8H8BrNO. The van der Waals surface area contributed by atoms with E-state index in [1.54, 1.807) is 12.1 Å². The minimum Gasteiger partial charge on any atom is -0.289 e. The van der Waals surface area contributed by atoms with Gasteiger partial charge in [0.25, 0.3) is 5.91 Å². The Kier molecular flexibility index (Phi) is 2.65. The number of hydrogen-bond acceptors (Lipinski definition) is 1. The Hall–Kier alpha value is -0.830. The van der Waals surface area contributed by atoms with Crippen molar-refractivity contribution in [2.24, 2.45) is 0 Å². The fraction of sp³-hybridized carbons (Fsp3) is 0.125. The molecule has 11 heavy (non-hydrogen) atoms. The van der Waals surface area contributed by atoms with E-state index >= 15 is 0 Å². The molecule has 0 unspecified atom stereocenters. The van der Waals surface area contributed by atoms with Crippen LogP contribution in [-0.2, 0) is 0 Å². The molecule has 0 atom stereocenters. The summed E-state index contributed by atoms with van der Waals surface area (Å²) in [7, 11) is 0. The van der Waals surface area contributed by atoms with E-state index in [0.29, 0.717) is 5.56 Å². The molecule has 2 nitrogen and oxygen atoms in total. The van der Waals surface area contributed by atoms with Crippen LogP contribution in [0.3, 0.4) is 0 Å². The second-order valence-corrected chi connectivity index (χ2v) is 2.69. The monoisotopic (exact) mass is 213 g/mol. The number of carbonyl (C=O) groups is 1. The van der Waals surface area contributed by atoms with Crippen LogP contribution in [0, 0.1) is 6.92 Å². The van der Waals surface area contributed by atoms with Crippen molar-refractivity contribution in [1.29, 1.82) is 0 Å². The summed E-state index contributed by atoms with van der Waals surface area (Å²) < 4.78 is 2.37. The van der Waals surface area contributed by atoms with Crippen LogP contribution < -0.4 is 4.34 Å². The van der Waals surface area contributed by atoms with Gasteiger partial charge in [-0.25, -0.2) is 0 Å². The average molecular weight is 214 g/mol. The fourth-order valence-electron chi connectivity index (χ4n) is 0.759. The maximum atomic E-state index is 11.0. The molecule has 1 aromatic carbocycles. The number of hydrogen-bond donors (Lipinski definition) is 1. The Morgan fingerprint density at radius 3 is 2.36 bits per heavy atom. The van der Waals surface area contributed by atoms with Gasteiger partial charge in [-0.05, 0) is 19.1 Å². The molecule has 0 saturated heterocycles. The van der Waals surface area contributed by atoms with Crippen LogP contribution in [0.2, 0.25) is 0 Å². The number of amides is 1.